The lowest BCUT2D eigenvalue weighted by atomic mass is 9.99. The summed E-state index contributed by atoms with van der Waals surface area (Å²) >= 11 is 0. The average molecular weight is 374 g/mol. The van der Waals surface area contributed by atoms with E-state index in [4.69, 9.17) is 10.5 Å². The van der Waals surface area contributed by atoms with Crippen molar-refractivity contribution in [2.24, 2.45) is 0 Å². The summed E-state index contributed by atoms with van der Waals surface area (Å²) in [5.74, 6) is -0.362. The van der Waals surface area contributed by atoms with Gasteiger partial charge in [-0.05, 0) is 30.7 Å². The van der Waals surface area contributed by atoms with Gasteiger partial charge in [-0.15, -0.1) is 0 Å². The molecule has 27 heavy (non-hydrogen) atoms. The van der Waals surface area contributed by atoms with E-state index < -0.39 is 36.5 Å². The Morgan fingerprint density at radius 3 is 2.56 bits per heavy atom. The molecule has 8 nitrogen and oxygen atoms in total. The van der Waals surface area contributed by atoms with Crippen LogP contribution in [0.1, 0.15) is 23.6 Å². The van der Waals surface area contributed by atoms with Crippen molar-refractivity contribution in [3.05, 3.63) is 53.6 Å². The van der Waals surface area contributed by atoms with Crippen LogP contribution < -0.4 is 5.73 Å². The Balaban J connectivity index is 1.67. The van der Waals surface area contributed by atoms with E-state index in [1.165, 1.54) is 24.3 Å². The first-order valence-electron chi connectivity index (χ1n) is 8.42. The molecule has 142 valence electrons. The number of hydrogen-bond acceptors (Lipinski definition) is 7. The van der Waals surface area contributed by atoms with Gasteiger partial charge in [0.1, 0.15) is 35.9 Å². The van der Waals surface area contributed by atoms with Crippen LogP contribution in [0.15, 0.2) is 36.5 Å². The summed E-state index contributed by atoms with van der Waals surface area (Å²) in [7, 11) is 0. The zero-order valence-corrected chi connectivity index (χ0v) is 14.4. The predicted octanol–water partition coefficient (Wildman–Crippen LogP) is 0.814. The monoisotopic (exact) mass is 374 g/mol. The molecule has 0 saturated carbocycles. The molecule has 9 heteroatoms. The minimum Gasteiger partial charge on any atom is -0.387 e. The summed E-state index contributed by atoms with van der Waals surface area (Å²) in [5.41, 5.74) is 7.21. The molecule has 1 aliphatic rings. The molecule has 1 unspecified atom stereocenters. The Labute approximate surface area is 153 Å². The second-order valence-electron chi connectivity index (χ2n) is 6.60. The van der Waals surface area contributed by atoms with Crippen molar-refractivity contribution in [3.8, 4) is 0 Å². The number of benzene rings is 1. The van der Waals surface area contributed by atoms with Gasteiger partial charge >= 0.3 is 0 Å². The van der Waals surface area contributed by atoms with Crippen LogP contribution in [-0.4, -0.2) is 48.2 Å². The maximum atomic E-state index is 13.1. The number of fused-ring (bicyclic) bond motifs is 1. The molecule has 1 fully saturated rings. The van der Waals surface area contributed by atoms with Crippen LogP contribution >= 0.6 is 0 Å². The molecule has 0 radical (unpaired) electrons. The van der Waals surface area contributed by atoms with E-state index in [2.05, 4.69) is 9.97 Å². The van der Waals surface area contributed by atoms with Crippen molar-refractivity contribution < 1.29 is 24.4 Å². The molecule has 3 heterocycles. The number of nitrogen functional groups attached to an aromatic ring is 1. The number of aliphatic hydroxyl groups excluding tert-OH is 3. The topological polar surface area (TPSA) is 127 Å². The quantitative estimate of drug-likeness (QED) is 0.534. The number of nitrogens with two attached hydrogens (primary N) is 1. The smallest absolute Gasteiger partial charge is 0.222 e. The SMILES string of the molecule is Cc1nc(N)nc2c1ccn2[C@@H]1O[C@H]([C@@H](O)c2ccc(F)cc2)[C@@H](O)C1O. The zero-order valence-electron chi connectivity index (χ0n) is 14.4. The normalized spacial score (nSPS) is 26.6. The van der Waals surface area contributed by atoms with Gasteiger partial charge in [0, 0.05) is 11.6 Å². The summed E-state index contributed by atoms with van der Waals surface area (Å²) < 4.78 is 20.4. The average Bonchev–Trinajstić information content (AvgIpc) is 3.17. The van der Waals surface area contributed by atoms with Gasteiger partial charge in [-0.25, -0.2) is 9.37 Å². The second kappa shape index (κ2) is 6.54. The number of rotatable bonds is 3. The summed E-state index contributed by atoms with van der Waals surface area (Å²) in [4.78, 5) is 8.29. The van der Waals surface area contributed by atoms with Gasteiger partial charge in [-0.3, -0.25) is 0 Å². The number of aliphatic hydroxyl groups is 3. The van der Waals surface area contributed by atoms with E-state index in [0.29, 0.717) is 16.9 Å². The fourth-order valence-electron chi connectivity index (χ4n) is 3.44. The first-order valence-corrected chi connectivity index (χ1v) is 8.42. The second-order valence-corrected chi connectivity index (χ2v) is 6.60. The molecule has 5 atom stereocenters. The van der Waals surface area contributed by atoms with E-state index in [-0.39, 0.29) is 5.95 Å². The molecule has 3 aromatic rings. The lowest BCUT2D eigenvalue weighted by molar-refractivity contribution is -0.0848. The summed E-state index contributed by atoms with van der Waals surface area (Å²) in [6.45, 7) is 1.78. The van der Waals surface area contributed by atoms with Gasteiger partial charge in [0.25, 0.3) is 0 Å². The highest BCUT2D eigenvalue weighted by molar-refractivity contribution is 5.79. The van der Waals surface area contributed by atoms with Crippen LogP contribution in [0.3, 0.4) is 0 Å². The summed E-state index contributed by atoms with van der Waals surface area (Å²) in [5, 5.41) is 32.2. The number of nitrogens with zero attached hydrogens (tertiary/aromatic N) is 3. The van der Waals surface area contributed by atoms with Crippen molar-refractivity contribution in [2.75, 3.05) is 5.73 Å². The lowest BCUT2D eigenvalue weighted by Gasteiger charge is -2.21. The van der Waals surface area contributed by atoms with Gasteiger partial charge < -0.3 is 30.4 Å². The molecular formula is C18H19FN4O4. The number of anilines is 1. The fraction of sp³-hybridized carbons (Fsp3) is 0.333. The highest BCUT2D eigenvalue weighted by Crippen LogP contribution is 2.37. The third-order valence-electron chi connectivity index (χ3n) is 4.85. The van der Waals surface area contributed by atoms with Crippen molar-refractivity contribution in [3.63, 3.8) is 0 Å². The molecule has 1 saturated heterocycles. The van der Waals surface area contributed by atoms with Gasteiger partial charge in [-0.2, -0.15) is 4.98 Å². The first kappa shape index (κ1) is 17.8. The molecule has 2 aromatic heterocycles. The van der Waals surface area contributed by atoms with Gasteiger partial charge in [-0.1, -0.05) is 12.1 Å². The fourth-order valence-corrected chi connectivity index (χ4v) is 3.44. The number of halogens is 1. The zero-order chi connectivity index (χ0) is 19.3. The van der Waals surface area contributed by atoms with Crippen molar-refractivity contribution in [2.45, 2.75) is 37.6 Å². The molecule has 5 N–H and O–H groups in total. The summed E-state index contributed by atoms with van der Waals surface area (Å²) in [6.07, 6.45) is -4.34. The van der Waals surface area contributed by atoms with E-state index in [0.717, 1.165) is 5.39 Å². The molecule has 0 aliphatic carbocycles. The molecular weight excluding hydrogens is 355 g/mol. The molecule has 0 amide bonds. The maximum absolute atomic E-state index is 13.1. The van der Waals surface area contributed by atoms with Crippen molar-refractivity contribution >= 4 is 17.0 Å². The Hall–Kier alpha value is -2.59. The van der Waals surface area contributed by atoms with E-state index >= 15 is 0 Å². The third-order valence-corrected chi connectivity index (χ3v) is 4.85. The molecule has 0 bridgehead atoms. The Morgan fingerprint density at radius 1 is 1.15 bits per heavy atom. The van der Waals surface area contributed by atoms with Crippen LogP contribution in [0.5, 0.6) is 0 Å². The van der Waals surface area contributed by atoms with E-state index in [1.54, 1.807) is 23.8 Å². The Morgan fingerprint density at radius 2 is 1.85 bits per heavy atom. The molecule has 1 aliphatic heterocycles. The Kier molecular flexibility index (Phi) is 4.31. The molecule has 4 rings (SSSR count). The van der Waals surface area contributed by atoms with Crippen LogP contribution in [0.25, 0.3) is 11.0 Å². The highest BCUT2D eigenvalue weighted by Gasteiger charge is 2.47. The van der Waals surface area contributed by atoms with Crippen LogP contribution in [-0.2, 0) is 4.74 Å². The van der Waals surface area contributed by atoms with E-state index in [9.17, 15) is 19.7 Å². The Bertz CT molecular complexity index is 977. The number of ether oxygens (including phenoxy) is 1. The van der Waals surface area contributed by atoms with Crippen molar-refractivity contribution in [1.82, 2.24) is 14.5 Å². The van der Waals surface area contributed by atoms with Crippen LogP contribution in [0.2, 0.25) is 0 Å². The predicted molar refractivity (Wildman–Crippen MR) is 94.0 cm³/mol. The van der Waals surface area contributed by atoms with Crippen LogP contribution in [0.4, 0.5) is 10.3 Å². The maximum Gasteiger partial charge on any atom is 0.222 e. The third kappa shape index (κ3) is 2.94. The largest absolute Gasteiger partial charge is 0.387 e. The van der Waals surface area contributed by atoms with E-state index in [1.807, 2.05) is 0 Å². The van der Waals surface area contributed by atoms with Gasteiger partial charge in [0.05, 0.1) is 5.69 Å². The molecule has 1 aromatic carbocycles. The minimum absolute atomic E-state index is 0.0795. The number of hydrogen-bond donors (Lipinski definition) is 4. The van der Waals surface area contributed by atoms with Gasteiger partial charge in [0.2, 0.25) is 5.95 Å². The highest BCUT2D eigenvalue weighted by atomic mass is 19.1. The minimum atomic E-state index is -1.35. The standard InChI is InChI=1S/C18H19FN4O4/c1-8-11-6-7-23(16(11)22-18(20)21-8)17-14(26)13(25)15(27-17)12(24)9-2-4-10(19)5-3-9/h2-7,12-15,17,24-26H,1H3,(H2,20,21,22)/t12-,13-,14?,15+,17+/m0/s1. The molecule has 0 spiro atoms. The number of aromatic nitrogens is 3. The first-order chi connectivity index (χ1) is 12.9. The van der Waals surface area contributed by atoms with Crippen LogP contribution in [0, 0.1) is 12.7 Å². The van der Waals surface area contributed by atoms with Gasteiger partial charge in [0.15, 0.2) is 6.23 Å². The van der Waals surface area contributed by atoms with Crippen molar-refractivity contribution in [1.29, 1.82) is 0 Å². The lowest BCUT2D eigenvalue weighted by Crippen LogP contribution is -2.34. The number of aryl methyl sites for hydroxylation is 1. The summed E-state index contributed by atoms with van der Waals surface area (Å²) in [6, 6.07) is 6.97.